The number of halogens is 3. The molecule has 1 heterocycles. The second kappa shape index (κ2) is 7.02. The van der Waals surface area contributed by atoms with Crippen molar-refractivity contribution in [1.82, 2.24) is 0 Å². The normalized spacial score (nSPS) is 14.5. The Balaban J connectivity index is 2.31. The van der Waals surface area contributed by atoms with Crippen molar-refractivity contribution < 1.29 is 4.74 Å². The Morgan fingerprint density at radius 3 is 2.60 bits per heavy atom. The Morgan fingerprint density at radius 1 is 1.30 bits per heavy atom. The fraction of sp³-hybridized carbons (Fsp3) is 0.625. The maximum atomic E-state index is 6.27. The summed E-state index contributed by atoms with van der Waals surface area (Å²) in [6.07, 6.45) is 3.14. The van der Waals surface area contributed by atoms with Crippen LogP contribution in [0.3, 0.4) is 0 Å². The molecule has 0 aliphatic carbocycles. The van der Waals surface area contributed by atoms with Gasteiger partial charge in [-0.1, -0.05) is 57.3 Å². The average Bonchev–Trinajstić information content (AvgIpc) is 2.85. The zero-order chi connectivity index (χ0) is 14.8. The standard InChI is InChI=1S/C16H21Br2ClO/c1-11(2)7-16(9-17,10-18)8-13-6-14(19)5-12-3-4-20-15(12)13/h5-6,11H,3-4,7-10H2,1-2H3. The molecule has 0 spiro atoms. The molecule has 0 atom stereocenters. The van der Waals surface area contributed by atoms with Crippen LogP contribution in [0.2, 0.25) is 5.02 Å². The van der Waals surface area contributed by atoms with Crippen LogP contribution in [0, 0.1) is 11.3 Å². The van der Waals surface area contributed by atoms with E-state index in [1.54, 1.807) is 0 Å². The van der Waals surface area contributed by atoms with E-state index in [4.69, 9.17) is 16.3 Å². The lowest BCUT2D eigenvalue weighted by atomic mass is 9.78. The Labute approximate surface area is 143 Å². The van der Waals surface area contributed by atoms with Crippen LogP contribution in [0.5, 0.6) is 5.75 Å². The molecular weight excluding hydrogens is 403 g/mol. The molecule has 0 unspecified atom stereocenters. The van der Waals surface area contributed by atoms with Crippen LogP contribution >= 0.6 is 43.5 Å². The number of ether oxygens (including phenoxy) is 1. The molecule has 4 heteroatoms. The van der Waals surface area contributed by atoms with Gasteiger partial charge in [-0.15, -0.1) is 0 Å². The van der Waals surface area contributed by atoms with Crippen molar-refractivity contribution in [2.75, 3.05) is 17.3 Å². The Morgan fingerprint density at radius 2 is 2.00 bits per heavy atom. The van der Waals surface area contributed by atoms with Crippen LogP contribution < -0.4 is 4.74 Å². The minimum absolute atomic E-state index is 0.207. The smallest absolute Gasteiger partial charge is 0.125 e. The molecule has 112 valence electrons. The topological polar surface area (TPSA) is 9.23 Å². The van der Waals surface area contributed by atoms with Crippen molar-refractivity contribution in [2.45, 2.75) is 33.1 Å². The van der Waals surface area contributed by atoms with Crippen molar-refractivity contribution in [3.8, 4) is 5.75 Å². The molecule has 0 aromatic heterocycles. The van der Waals surface area contributed by atoms with Crippen molar-refractivity contribution in [2.24, 2.45) is 11.3 Å². The molecule has 20 heavy (non-hydrogen) atoms. The van der Waals surface area contributed by atoms with Gasteiger partial charge in [-0.05, 0) is 47.4 Å². The summed E-state index contributed by atoms with van der Waals surface area (Å²) in [5, 5.41) is 2.78. The SMILES string of the molecule is CC(C)CC(CBr)(CBr)Cc1cc(Cl)cc2c1OCC2. The Kier molecular flexibility index (Phi) is 5.84. The van der Waals surface area contributed by atoms with E-state index < -0.39 is 0 Å². The summed E-state index contributed by atoms with van der Waals surface area (Å²) in [5.41, 5.74) is 2.72. The van der Waals surface area contributed by atoms with Crippen LogP contribution in [0.1, 0.15) is 31.4 Å². The number of fused-ring (bicyclic) bond motifs is 1. The number of hydrogen-bond donors (Lipinski definition) is 0. The zero-order valence-electron chi connectivity index (χ0n) is 12.0. The maximum absolute atomic E-state index is 6.27. The first-order valence-electron chi connectivity index (χ1n) is 7.06. The van der Waals surface area contributed by atoms with Crippen LogP contribution in [-0.4, -0.2) is 17.3 Å². The summed E-state index contributed by atoms with van der Waals surface area (Å²) in [6, 6.07) is 4.12. The summed E-state index contributed by atoms with van der Waals surface area (Å²) in [7, 11) is 0. The number of benzene rings is 1. The van der Waals surface area contributed by atoms with Crippen molar-refractivity contribution in [3.05, 3.63) is 28.3 Å². The quantitative estimate of drug-likeness (QED) is 0.537. The highest BCUT2D eigenvalue weighted by molar-refractivity contribution is 9.09. The van der Waals surface area contributed by atoms with Crippen molar-refractivity contribution in [3.63, 3.8) is 0 Å². The van der Waals surface area contributed by atoms with Crippen LogP contribution in [0.25, 0.3) is 0 Å². The van der Waals surface area contributed by atoms with Crippen LogP contribution in [0.15, 0.2) is 12.1 Å². The molecule has 0 fully saturated rings. The molecule has 0 saturated heterocycles. The predicted molar refractivity (Wildman–Crippen MR) is 93.8 cm³/mol. The van der Waals surface area contributed by atoms with Gasteiger partial charge in [0.25, 0.3) is 0 Å². The predicted octanol–water partition coefficient (Wildman–Crippen LogP) is 5.64. The van der Waals surface area contributed by atoms with E-state index in [1.807, 2.05) is 6.07 Å². The van der Waals surface area contributed by atoms with E-state index in [0.717, 1.165) is 40.9 Å². The third-order valence-corrected chi connectivity index (χ3v) is 6.40. The average molecular weight is 425 g/mol. The van der Waals surface area contributed by atoms with Crippen LogP contribution in [-0.2, 0) is 12.8 Å². The molecule has 1 nitrogen and oxygen atoms in total. The van der Waals surface area contributed by atoms with Gasteiger partial charge >= 0.3 is 0 Å². The molecule has 1 aromatic rings. The zero-order valence-corrected chi connectivity index (χ0v) is 15.9. The van der Waals surface area contributed by atoms with Gasteiger partial charge < -0.3 is 4.74 Å². The molecular formula is C16H21Br2ClO. The molecule has 1 aliphatic rings. The van der Waals surface area contributed by atoms with E-state index in [1.165, 1.54) is 17.5 Å². The minimum atomic E-state index is 0.207. The van der Waals surface area contributed by atoms with Gasteiger partial charge in [-0.2, -0.15) is 0 Å². The molecule has 0 bridgehead atoms. The second-order valence-electron chi connectivity index (χ2n) is 6.19. The van der Waals surface area contributed by atoms with Gasteiger partial charge in [0.1, 0.15) is 5.75 Å². The van der Waals surface area contributed by atoms with E-state index in [-0.39, 0.29) is 5.41 Å². The first kappa shape index (κ1) is 16.6. The number of rotatable bonds is 6. The first-order chi connectivity index (χ1) is 9.49. The second-order valence-corrected chi connectivity index (χ2v) is 7.75. The van der Waals surface area contributed by atoms with E-state index in [9.17, 15) is 0 Å². The highest BCUT2D eigenvalue weighted by Crippen LogP contribution is 2.40. The summed E-state index contributed by atoms with van der Waals surface area (Å²) in [4.78, 5) is 0. The monoisotopic (exact) mass is 422 g/mol. The van der Waals surface area contributed by atoms with Gasteiger partial charge in [-0.3, -0.25) is 0 Å². The largest absolute Gasteiger partial charge is 0.493 e. The van der Waals surface area contributed by atoms with Gasteiger partial charge in [0.2, 0.25) is 0 Å². The fourth-order valence-corrected chi connectivity index (χ4v) is 5.11. The third-order valence-electron chi connectivity index (χ3n) is 3.80. The summed E-state index contributed by atoms with van der Waals surface area (Å²) >= 11 is 13.7. The summed E-state index contributed by atoms with van der Waals surface area (Å²) in [5.74, 6) is 1.74. The van der Waals surface area contributed by atoms with Gasteiger partial charge in [-0.25, -0.2) is 0 Å². The highest BCUT2D eigenvalue weighted by atomic mass is 79.9. The molecule has 0 saturated carbocycles. The first-order valence-corrected chi connectivity index (χ1v) is 9.68. The fourth-order valence-electron chi connectivity index (χ4n) is 3.06. The summed E-state index contributed by atoms with van der Waals surface area (Å²) < 4.78 is 5.84. The molecule has 2 rings (SSSR count). The molecule has 0 radical (unpaired) electrons. The van der Waals surface area contributed by atoms with Gasteiger partial charge in [0.05, 0.1) is 6.61 Å². The lowest BCUT2D eigenvalue weighted by Crippen LogP contribution is -2.29. The highest BCUT2D eigenvalue weighted by Gasteiger charge is 2.31. The Bertz CT molecular complexity index is 470. The summed E-state index contributed by atoms with van der Waals surface area (Å²) in [6.45, 7) is 5.33. The van der Waals surface area contributed by atoms with Crippen molar-refractivity contribution >= 4 is 43.5 Å². The van der Waals surface area contributed by atoms with Crippen molar-refractivity contribution in [1.29, 1.82) is 0 Å². The van der Waals surface area contributed by atoms with Gasteiger partial charge in [0, 0.05) is 22.1 Å². The molecule has 1 aliphatic heterocycles. The number of alkyl halides is 2. The molecule has 0 amide bonds. The molecule has 1 aromatic carbocycles. The Hall–Kier alpha value is 0.270. The molecule has 0 N–H and O–H groups in total. The lowest BCUT2D eigenvalue weighted by Gasteiger charge is -2.32. The van der Waals surface area contributed by atoms with Gasteiger partial charge in [0.15, 0.2) is 0 Å². The minimum Gasteiger partial charge on any atom is -0.493 e. The van der Waals surface area contributed by atoms with E-state index in [0.29, 0.717) is 5.92 Å². The van der Waals surface area contributed by atoms with E-state index in [2.05, 4.69) is 51.8 Å². The van der Waals surface area contributed by atoms with Crippen LogP contribution in [0.4, 0.5) is 0 Å². The lowest BCUT2D eigenvalue weighted by molar-refractivity contribution is 0.296. The third kappa shape index (κ3) is 3.72. The number of hydrogen-bond acceptors (Lipinski definition) is 1. The maximum Gasteiger partial charge on any atom is 0.125 e. The van der Waals surface area contributed by atoms with E-state index >= 15 is 0 Å².